The van der Waals surface area contributed by atoms with Gasteiger partial charge in [0.1, 0.15) is 9.13 Å². The molecule has 0 amide bonds. The molecule has 9 heteroatoms. The standard InChI is InChI=1S/C9H7F2IN2O4/c1-18-6(15)2-5-7(9(10)11)8(14(16)17)4(12)3-13-5/h3,9H,2H2,1H3. The average Bonchev–Trinajstić information content (AvgIpc) is 2.29. The van der Waals surface area contributed by atoms with Crippen LogP contribution in [0.4, 0.5) is 14.5 Å². The molecule has 0 unspecified atom stereocenters. The lowest BCUT2D eigenvalue weighted by molar-refractivity contribution is -0.387. The quantitative estimate of drug-likeness (QED) is 0.351. The Morgan fingerprint density at radius 1 is 1.67 bits per heavy atom. The van der Waals surface area contributed by atoms with Crippen LogP contribution in [-0.2, 0) is 16.0 Å². The van der Waals surface area contributed by atoms with Crippen molar-refractivity contribution >= 4 is 34.2 Å². The third-order valence-corrected chi connectivity index (χ3v) is 2.86. The normalized spacial score (nSPS) is 10.5. The second-order valence-corrected chi connectivity index (χ2v) is 4.29. The van der Waals surface area contributed by atoms with Crippen molar-refractivity contribution < 1.29 is 23.2 Å². The zero-order chi connectivity index (χ0) is 13.9. The van der Waals surface area contributed by atoms with Gasteiger partial charge >= 0.3 is 5.97 Å². The highest BCUT2D eigenvalue weighted by Gasteiger charge is 2.30. The van der Waals surface area contributed by atoms with Gasteiger partial charge in [0, 0.05) is 6.20 Å². The van der Waals surface area contributed by atoms with E-state index in [2.05, 4.69) is 9.72 Å². The number of hydrogen-bond acceptors (Lipinski definition) is 5. The van der Waals surface area contributed by atoms with Gasteiger partial charge < -0.3 is 4.74 Å². The summed E-state index contributed by atoms with van der Waals surface area (Å²) in [7, 11) is 1.09. The van der Waals surface area contributed by atoms with E-state index in [-0.39, 0.29) is 9.26 Å². The van der Waals surface area contributed by atoms with Gasteiger partial charge in [0.25, 0.3) is 12.1 Å². The largest absolute Gasteiger partial charge is 0.469 e. The summed E-state index contributed by atoms with van der Waals surface area (Å²) in [6.45, 7) is 0. The first-order chi connectivity index (χ1) is 8.38. The van der Waals surface area contributed by atoms with Crippen LogP contribution in [0.2, 0.25) is 0 Å². The van der Waals surface area contributed by atoms with Crippen LogP contribution in [0.15, 0.2) is 6.20 Å². The number of carbonyl (C=O) groups is 1. The number of methoxy groups -OCH3 is 1. The molecule has 0 N–H and O–H groups in total. The highest BCUT2D eigenvalue weighted by atomic mass is 127. The lowest BCUT2D eigenvalue weighted by atomic mass is 10.1. The van der Waals surface area contributed by atoms with Crippen molar-refractivity contribution in [3.8, 4) is 0 Å². The zero-order valence-corrected chi connectivity index (χ0v) is 11.2. The predicted octanol–water partition coefficient (Wildman–Crippen LogP) is 2.25. The molecule has 0 aliphatic heterocycles. The highest BCUT2D eigenvalue weighted by molar-refractivity contribution is 14.1. The monoisotopic (exact) mass is 372 g/mol. The number of rotatable bonds is 4. The Bertz CT molecular complexity index is 496. The van der Waals surface area contributed by atoms with Crippen LogP contribution >= 0.6 is 22.6 Å². The van der Waals surface area contributed by atoms with E-state index in [0.29, 0.717) is 0 Å². The maximum Gasteiger partial charge on any atom is 0.311 e. The average molecular weight is 372 g/mol. The first-order valence-electron chi connectivity index (χ1n) is 4.55. The molecule has 0 atom stereocenters. The number of pyridine rings is 1. The summed E-state index contributed by atoms with van der Waals surface area (Å²) in [5.41, 5.74) is -1.90. The third kappa shape index (κ3) is 3.09. The second kappa shape index (κ2) is 5.98. The number of carbonyl (C=O) groups excluding carboxylic acids is 1. The lowest BCUT2D eigenvalue weighted by Gasteiger charge is -2.08. The number of esters is 1. The smallest absolute Gasteiger partial charge is 0.311 e. The number of nitro groups is 1. The van der Waals surface area contributed by atoms with Gasteiger partial charge in [-0.3, -0.25) is 19.9 Å². The molecule has 0 fully saturated rings. The Balaban J connectivity index is 3.39. The third-order valence-electron chi connectivity index (χ3n) is 2.07. The highest BCUT2D eigenvalue weighted by Crippen LogP contribution is 2.34. The molecule has 0 aliphatic carbocycles. The summed E-state index contributed by atoms with van der Waals surface area (Å²) in [5.74, 6) is -0.792. The van der Waals surface area contributed by atoms with Crippen LogP contribution in [-0.4, -0.2) is 23.0 Å². The molecular weight excluding hydrogens is 365 g/mol. The van der Waals surface area contributed by atoms with Gasteiger partial charge in [0.15, 0.2) is 0 Å². The molecule has 0 saturated heterocycles. The van der Waals surface area contributed by atoms with E-state index in [4.69, 9.17) is 0 Å². The van der Waals surface area contributed by atoms with Gasteiger partial charge in [-0.15, -0.1) is 0 Å². The Morgan fingerprint density at radius 3 is 2.72 bits per heavy atom. The first kappa shape index (κ1) is 14.7. The van der Waals surface area contributed by atoms with Crippen LogP contribution in [0.3, 0.4) is 0 Å². The SMILES string of the molecule is COC(=O)Cc1ncc(I)c([N+](=O)[O-])c1C(F)F. The molecule has 1 rings (SSSR count). The summed E-state index contributed by atoms with van der Waals surface area (Å²) in [4.78, 5) is 24.5. The molecule has 0 bridgehead atoms. The zero-order valence-electron chi connectivity index (χ0n) is 9.02. The molecule has 0 saturated carbocycles. The summed E-state index contributed by atoms with van der Waals surface area (Å²) in [6, 6.07) is 0. The van der Waals surface area contributed by atoms with E-state index >= 15 is 0 Å². The van der Waals surface area contributed by atoms with Crippen LogP contribution in [0.1, 0.15) is 17.7 Å². The van der Waals surface area contributed by atoms with E-state index in [0.717, 1.165) is 13.3 Å². The van der Waals surface area contributed by atoms with Gasteiger partial charge in [-0.05, 0) is 22.6 Å². The maximum absolute atomic E-state index is 12.9. The van der Waals surface area contributed by atoms with Gasteiger partial charge in [-0.2, -0.15) is 0 Å². The maximum atomic E-state index is 12.9. The molecule has 0 aromatic carbocycles. The Hall–Kier alpha value is -1.39. The van der Waals surface area contributed by atoms with Gasteiger partial charge in [0.2, 0.25) is 0 Å². The molecule has 1 aromatic heterocycles. The van der Waals surface area contributed by atoms with Crippen molar-refractivity contribution in [2.24, 2.45) is 0 Å². The molecule has 98 valence electrons. The Morgan fingerprint density at radius 2 is 2.28 bits per heavy atom. The van der Waals surface area contributed by atoms with Crippen LogP contribution < -0.4 is 0 Å². The number of ether oxygens (including phenoxy) is 1. The Kier molecular flexibility index (Phi) is 4.87. The van der Waals surface area contributed by atoms with E-state index < -0.39 is 35.0 Å². The minimum atomic E-state index is -3.09. The predicted molar refractivity (Wildman–Crippen MR) is 64.3 cm³/mol. The molecule has 1 aromatic rings. The second-order valence-electron chi connectivity index (χ2n) is 3.13. The van der Waals surface area contributed by atoms with E-state index in [9.17, 15) is 23.7 Å². The van der Waals surface area contributed by atoms with Crippen LogP contribution in [0.25, 0.3) is 0 Å². The molecule has 18 heavy (non-hydrogen) atoms. The fraction of sp³-hybridized carbons (Fsp3) is 0.333. The molecule has 1 heterocycles. The molecule has 0 aliphatic rings. The Labute approximate surface area is 114 Å². The number of halogens is 3. The van der Waals surface area contributed by atoms with Crippen molar-refractivity contribution in [3.63, 3.8) is 0 Å². The topological polar surface area (TPSA) is 82.3 Å². The molecule has 6 nitrogen and oxygen atoms in total. The first-order valence-corrected chi connectivity index (χ1v) is 5.63. The van der Waals surface area contributed by atoms with Crippen molar-refractivity contribution in [1.29, 1.82) is 0 Å². The minimum absolute atomic E-state index is 0.0125. The number of aromatic nitrogens is 1. The van der Waals surface area contributed by atoms with Crippen molar-refractivity contribution in [2.45, 2.75) is 12.8 Å². The fourth-order valence-corrected chi connectivity index (χ4v) is 1.92. The van der Waals surface area contributed by atoms with Gasteiger partial charge in [0.05, 0.1) is 24.1 Å². The lowest BCUT2D eigenvalue weighted by Crippen LogP contribution is -2.12. The fourth-order valence-electron chi connectivity index (χ4n) is 1.30. The summed E-state index contributed by atoms with van der Waals surface area (Å²) < 4.78 is 30.1. The van der Waals surface area contributed by atoms with Crippen LogP contribution in [0, 0.1) is 13.7 Å². The van der Waals surface area contributed by atoms with Crippen LogP contribution in [0.5, 0.6) is 0 Å². The van der Waals surface area contributed by atoms with E-state index in [1.165, 1.54) is 0 Å². The van der Waals surface area contributed by atoms with E-state index in [1.807, 2.05) is 0 Å². The molecule has 0 spiro atoms. The summed E-state index contributed by atoms with van der Waals surface area (Å²) >= 11 is 1.54. The summed E-state index contributed by atoms with van der Waals surface area (Å²) in [5, 5.41) is 10.8. The number of nitrogens with zero attached hydrogens (tertiary/aromatic N) is 2. The number of alkyl halides is 2. The summed E-state index contributed by atoms with van der Waals surface area (Å²) in [6.07, 6.45) is -2.55. The van der Waals surface area contributed by atoms with Crippen molar-refractivity contribution in [3.05, 3.63) is 31.1 Å². The van der Waals surface area contributed by atoms with Gasteiger partial charge in [-0.1, -0.05) is 0 Å². The number of hydrogen-bond donors (Lipinski definition) is 0. The van der Waals surface area contributed by atoms with Gasteiger partial charge in [-0.25, -0.2) is 8.78 Å². The van der Waals surface area contributed by atoms with E-state index in [1.54, 1.807) is 22.6 Å². The van der Waals surface area contributed by atoms with Crippen molar-refractivity contribution in [2.75, 3.05) is 7.11 Å². The minimum Gasteiger partial charge on any atom is -0.469 e. The molecule has 0 radical (unpaired) electrons. The molecular formula is C9H7F2IN2O4. The van der Waals surface area contributed by atoms with Crippen molar-refractivity contribution in [1.82, 2.24) is 4.98 Å².